The Hall–Kier alpha value is -2.62. The second-order valence-electron chi connectivity index (χ2n) is 6.29. The van der Waals surface area contributed by atoms with Gasteiger partial charge in [-0.3, -0.25) is 0 Å². The molecule has 0 fully saturated rings. The Balaban J connectivity index is 1.63. The Kier molecular flexibility index (Phi) is 5.83. The Morgan fingerprint density at radius 3 is 2.68 bits per heavy atom. The van der Waals surface area contributed by atoms with E-state index in [2.05, 4.69) is 34.2 Å². The van der Waals surface area contributed by atoms with Crippen LogP contribution in [0.2, 0.25) is 0 Å². The summed E-state index contributed by atoms with van der Waals surface area (Å²) in [5, 5.41) is 2.35. The maximum Gasteiger partial charge on any atom is 0.119 e. The van der Waals surface area contributed by atoms with Crippen LogP contribution in [0.15, 0.2) is 42.6 Å². The number of aromatic amines is 1. The average molecular weight is 336 g/mol. The summed E-state index contributed by atoms with van der Waals surface area (Å²) < 4.78 is 5.28. The van der Waals surface area contributed by atoms with Crippen molar-refractivity contribution in [3.8, 4) is 17.0 Å². The first-order chi connectivity index (χ1) is 12.3. The third kappa shape index (κ3) is 4.47. The number of carbonyl (C=O) groups excluding carboxylic acids is 1. The van der Waals surface area contributed by atoms with Gasteiger partial charge < -0.3 is 14.5 Å². The highest BCUT2D eigenvalue weighted by Gasteiger charge is 2.05. The van der Waals surface area contributed by atoms with Gasteiger partial charge in [0, 0.05) is 18.4 Å². The lowest BCUT2D eigenvalue weighted by atomic mass is 10.1. The Bertz CT molecular complexity index is 839. The van der Waals surface area contributed by atoms with Gasteiger partial charge in [-0.1, -0.05) is 31.0 Å². The summed E-state index contributed by atoms with van der Waals surface area (Å²) in [4.78, 5) is 18.2. The number of nitrogens with one attached hydrogen (secondary N) is 1. The predicted molar refractivity (Wildman–Crippen MR) is 101 cm³/mol. The van der Waals surface area contributed by atoms with E-state index >= 15 is 0 Å². The van der Waals surface area contributed by atoms with Crippen LogP contribution in [-0.2, 0) is 11.2 Å². The zero-order valence-electron chi connectivity index (χ0n) is 14.6. The van der Waals surface area contributed by atoms with Gasteiger partial charge in [0.15, 0.2) is 0 Å². The number of aryl methyl sites for hydroxylation is 1. The van der Waals surface area contributed by atoms with E-state index in [0.29, 0.717) is 6.42 Å². The van der Waals surface area contributed by atoms with Crippen molar-refractivity contribution in [1.29, 1.82) is 0 Å². The van der Waals surface area contributed by atoms with Crippen LogP contribution in [0, 0.1) is 0 Å². The van der Waals surface area contributed by atoms with Crippen molar-refractivity contribution >= 4 is 17.1 Å². The Labute approximate surface area is 148 Å². The summed E-state index contributed by atoms with van der Waals surface area (Å²) in [6.45, 7) is 0. The Morgan fingerprint density at radius 2 is 1.84 bits per heavy atom. The smallest absolute Gasteiger partial charge is 0.119 e. The van der Waals surface area contributed by atoms with E-state index in [1.165, 1.54) is 5.39 Å². The number of H-pyrrole nitrogens is 1. The fourth-order valence-corrected chi connectivity index (χ4v) is 3.03. The van der Waals surface area contributed by atoms with Crippen LogP contribution in [0.1, 0.15) is 37.9 Å². The number of hydrogen-bond acceptors (Lipinski definition) is 3. The van der Waals surface area contributed by atoms with Gasteiger partial charge in [0.1, 0.15) is 17.9 Å². The quantitative estimate of drug-likeness (QED) is 0.445. The van der Waals surface area contributed by atoms with Crippen molar-refractivity contribution in [2.24, 2.45) is 0 Å². The van der Waals surface area contributed by atoms with E-state index in [4.69, 9.17) is 4.74 Å². The summed E-state index contributed by atoms with van der Waals surface area (Å²) in [6, 6.07) is 12.5. The molecule has 0 bridgehead atoms. The minimum Gasteiger partial charge on any atom is -0.497 e. The number of unbranched alkanes of at least 4 members (excludes halogenated alkanes) is 4. The fraction of sp³-hybridized carbons (Fsp3) is 0.333. The number of hydrogen-bond donors (Lipinski definition) is 1. The third-order valence-electron chi connectivity index (χ3n) is 4.47. The van der Waals surface area contributed by atoms with E-state index in [0.717, 1.165) is 66.6 Å². The van der Waals surface area contributed by atoms with Gasteiger partial charge in [0.2, 0.25) is 0 Å². The predicted octanol–water partition coefficient (Wildman–Crippen LogP) is 4.93. The first kappa shape index (κ1) is 17.2. The van der Waals surface area contributed by atoms with Crippen LogP contribution >= 0.6 is 0 Å². The largest absolute Gasteiger partial charge is 0.497 e. The van der Waals surface area contributed by atoms with Gasteiger partial charge in [-0.25, -0.2) is 4.98 Å². The average Bonchev–Trinajstić information content (AvgIpc) is 3.12. The molecule has 25 heavy (non-hydrogen) atoms. The molecular formula is C21H24N2O2. The molecule has 4 heteroatoms. The molecular weight excluding hydrogens is 312 g/mol. The lowest BCUT2D eigenvalue weighted by Gasteiger charge is -2.04. The first-order valence-corrected chi connectivity index (χ1v) is 8.86. The van der Waals surface area contributed by atoms with Crippen molar-refractivity contribution in [2.45, 2.75) is 38.5 Å². The van der Waals surface area contributed by atoms with E-state index in [1.807, 2.05) is 18.3 Å². The number of carbonyl (C=O) groups is 1. The van der Waals surface area contributed by atoms with E-state index in [1.54, 1.807) is 7.11 Å². The zero-order valence-corrected chi connectivity index (χ0v) is 14.6. The monoisotopic (exact) mass is 336 g/mol. The molecule has 0 atom stereocenters. The Morgan fingerprint density at radius 1 is 1.04 bits per heavy atom. The molecule has 1 aromatic heterocycles. The third-order valence-corrected chi connectivity index (χ3v) is 4.47. The summed E-state index contributed by atoms with van der Waals surface area (Å²) in [6.07, 6.45) is 8.88. The molecule has 0 spiro atoms. The van der Waals surface area contributed by atoms with Crippen LogP contribution in [0.5, 0.6) is 5.75 Å². The number of imidazole rings is 1. The molecule has 0 amide bonds. The second kappa shape index (κ2) is 8.47. The lowest BCUT2D eigenvalue weighted by molar-refractivity contribution is -0.107. The molecule has 0 aliphatic rings. The molecule has 4 nitrogen and oxygen atoms in total. The van der Waals surface area contributed by atoms with Crippen LogP contribution in [0.3, 0.4) is 0 Å². The number of benzene rings is 2. The van der Waals surface area contributed by atoms with Crippen LogP contribution in [0.25, 0.3) is 22.0 Å². The van der Waals surface area contributed by atoms with Gasteiger partial charge in [0.05, 0.1) is 19.0 Å². The van der Waals surface area contributed by atoms with E-state index in [-0.39, 0.29) is 0 Å². The number of ether oxygens (including phenoxy) is 1. The minimum absolute atomic E-state index is 0.679. The molecule has 0 saturated heterocycles. The van der Waals surface area contributed by atoms with Gasteiger partial charge >= 0.3 is 0 Å². The SMILES string of the molecule is COc1ccc2cc(-c3cnc(CCCCCCC=O)[nH]3)ccc2c1. The molecule has 0 unspecified atom stereocenters. The zero-order chi connectivity index (χ0) is 17.5. The molecule has 0 aliphatic heterocycles. The van der Waals surface area contributed by atoms with Crippen LogP contribution < -0.4 is 4.74 Å². The highest BCUT2D eigenvalue weighted by Crippen LogP contribution is 2.26. The van der Waals surface area contributed by atoms with Crippen molar-refractivity contribution in [1.82, 2.24) is 9.97 Å². The van der Waals surface area contributed by atoms with Crippen LogP contribution in [-0.4, -0.2) is 23.4 Å². The van der Waals surface area contributed by atoms with Crippen molar-refractivity contribution in [3.05, 3.63) is 48.4 Å². The number of methoxy groups -OCH3 is 1. The molecule has 2 aromatic carbocycles. The van der Waals surface area contributed by atoms with Crippen LogP contribution in [0.4, 0.5) is 0 Å². The van der Waals surface area contributed by atoms with E-state index < -0.39 is 0 Å². The fourth-order valence-electron chi connectivity index (χ4n) is 3.03. The van der Waals surface area contributed by atoms with Crippen molar-refractivity contribution in [3.63, 3.8) is 0 Å². The summed E-state index contributed by atoms with van der Waals surface area (Å²) >= 11 is 0. The summed E-state index contributed by atoms with van der Waals surface area (Å²) in [5.74, 6) is 1.90. The van der Waals surface area contributed by atoms with Crippen molar-refractivity contribution < 1.29 is 9.53 Å². The number of aromatic nitrogens is 2. The number of rotatable bonds is 9. The first-order valence-electron chi connectivity index (χ1n) is 8.86. The summed E-state index contributed by atoms with van der Waals surface area (Å²) in [7, 11) is 1.68. The second-order valence-corrected chi connectivity index (χ2v) is 6.29. The topological polar surface area (TPSA) is 55.0 Å². The molecule has 3 rings (SSSR count). The molecule has 1 heterocycles. The highest BCUT2D eigenvalue weighted by molar-refractivity contribution is 5.87. The number of nitrogens with zero attached hydrogens (tertiary/aromatic N) is 1. The molecule has 3 aromatic rings. The normalized spacial score (nSPS) is 10.9. The lowest BCUT2D eigenvalue weighted by Crippen LogP contribution is -1.89. The molecule has 130 valence electrons. The molecule has 0 aliphatic carbocycles. The molecule has 1 N–H and O–H groups in total. The highest BCUT2D eigenvalue weighted by atomic mass is 16.5. The van der Waals surface area contributed by atoms with Crippen molar-refractivity contribution in [2.75, 3.05) is 7.11 Å². The maximum atomic E-state index is 10.3. The standard InChI is InChI=1S/C21H24N2O2/c1-25-19-11-10-16-13-18(9-8-17(16)14-19)20-15-22-21(23-20)7-5-3-2-4-6-12-24/h8-15H,2-7H2,1H3,(H,22,23). The van der Waals surface area contributed by atoms with Gasteiger partial charge in [-0.15, -0.1) is 0 Å². The minimum atomic E-state index is 0.679. The maximum absolute atomic E-state index is 10.3. The van der Waals surface area contributed by atoms with Gasteiger partial charge in [-0.2, -0.15) is 0 Å². The number of aldehydes is 1. The van der Waals surface area contributed by atoms with Gasteiger partial charge in [0.25, 0.3) is 0 Å². The van der Waals surface area contributed by atoms with E-state index in [9.17, 15) is 4.79 Å². The molecule has 0 radical (unpaired) electrons. The summed E-state index contributed by atoms with van der Waals surface area (Å²) in [5.41, 5.74) is 2.19. The molecule has 0 saturated carbocycles. The number of fused-ring (bicyclic) bond motifs is 1. The van der Waals surface area contributed by atoms with Gasteiger partial charge in [-0.05, 0) is 41.8 Å².